The van der Waals surface area contributed by atoms with Gasteiger partial charge >= 0.3 is 0 Å². The maximum Gasteiger partial charge on any atom is 0.185 e. The van der Waals surface area contributed by atoms with E-state index >= 15 is 0 Å². The number of nitrogens with one attached hydrogen (secondary N) is 1. The summed E-state index contributed by atoms with van der Waals surface area (Å²) in [5, 5.41) is 16.3. The SMILES string of the molecule is COc1ccc(-c2nnc3ccc(Nc4ccccc4)nn23)cc1. The molecule has 0 saturated carbocycles. The lowest BCUT2D eigenvalue weighted by Gasteiger charge is -2.06. The fourth-order valence-electron chi connectivity index (χ4n) is 2.45. The van der Waals surface area contributed by atoms with E-state index in [0.717, 1.165) is 22.8 Å². The predicted molar refractivity (Wildman–Crippen MR) is 92.5 cm³/mol. The summed E-state index contributed by atoms with van der Waals surface area (Å²) in [6, 6.07) is 21.3. The molecule has 4 rings (SSSR count). The third-order valence-corrected chi connectivity index (χ3v) is 3.66. The lowest BCUT2D eigenvalue weighted by molar-refractivity contribution is 0.415. The number of hydrogen-bond acceptors (Lipinski definition) is 5. The van der Waals surface area contributed by atoms with E-state index in [1.807, 2.05) is 66.7 Å². The number of nitrogens with zero attached hydrogens (tertiary/aromatic N) is 4. The van der Waals surface area contributed by atoms with Crippen LogP contribution < -0.4 is 10.1 Å². The molecule has 0 aliphatic rings. The molecule has 24 heavy (non-hydrogen) atoms. The zero-order chi connectivity index (χ0) is 16.4. The maximum atomic E-state index is 5.19. The number of para-hydroxylation sites is 1. The van der Waals surface area contributed by atoms with E-state index < -0.39 is 0 Å². The third-order valence-electron chi connectivity index (χ3n) is 3.66. The first-order valence-corrected chi connectivity index (χ1v) is 7.52. The summed E-state index contributed by atoms with van der Waals surface area (Å²) in [6.07, 6.45) is 0. The Morgan fingerprint density at radius 3 is 2.42 bits per heavy atom. The number of ether oxygens (including phenoxy) is 1. The highest BCUT2D eigenvalue weighted by atomic mass is 16.5. The van der Waals surface area contributed by atoms with E-state index in [-0.39, 0.29) is 0 Å². The fraction of sp³-hybridized carbons (Fsp3) is 0.0556. The number of fused-ring (bicyclic) bond motifs is 1. The van der Waals surface area contributed by atoms with Crippen LogP contribution in [0.3, 0.4) is 0 Å². The molecule has 118 valence electrons. The number of rotatable bonds is 4. The van der Waals surface area contributed by atoms with Crippen LogP contribution in [0, 0.1) is 0 Å². The molecule has 0 amide bonds. The summed E-state index contributed by atoms with van der Waals surface area (Å²) in [5.41, 5.74) is 2.59. The Bertz CT molecular complexity index is 964. The van der Waals surface area contributed by atoms with Gasteiger partial charge in [0.1, 0.15) is 5.75 Å². The standard InChI is InChI=1S/C18H15N5O/c1-24-15-9-7-13(8-10-15)18-21-20-17-12-11-16(22-23(17)18)19-14-5-3-2-4-6-14/h2-12H,1H3,(H,19,22). The smallest absolute Gasteiger partial charge is 0.185 e. The minimum absolute atomic E-state index is 0.685. The molecule has 6 heteroatoms. The minimum atomic E-state index is 0.685. The number of hydrogen-bond donors (Lipinski definition) is 1. The summed E-state index contributed by atoms with van der Waals surface area (Å²) in [5.74, 6) is 2.21. The Morgan fingerprint density at radius 2 is 1.67 bits per heavy atom. The lowest BCUT2D eigenvalue weighted by atomic mass is 10.2. The largest absolute Gasteiger partial charge is 0.497 e. The highest BCUT2D eigenvalue weighted by Gasteiger charge is 2.10. The Balaban J connectivity index is 1.72. The van der Waals surface area contributed by atoms with Crippen LogP contribution in [0.4, 0.5) is 11.5 Å². The van der Waals surface area contributed by atoms with Gasteiger partial charge in [0.05, 0.1) is 7.11 Å². The zero-order valence-corrected chi connectivity index (χ0v) is 13.0. The van der Waals surface area contributed by atoms with Crippen LogP contribution in [0.1, 0.15) is 0 Å². The second-order valence-electron chi connectivity index (χ2n) is 5.23. The molecule has 2 aromatic heterocycles. The van der Waals surface area contributed by atoms with Crippen molar-refractivity contribution in [2.75, 3.05) is 12.4 Å². The quantitative estimate of drug-likeness (QED) is 0.623. The van der Waals surface area contributed by atoms with Gasteiger partial charge in [-0.15, -0.1) is 15.3 Å². The van der Waals surface area contributed by atoms with Gasteiger partial charge in [-0.05, 0) is 48.5 Å². The van der Waals surface area contributed by atoms with Crippen LogP contribution in [0.2, 0.25) is 0 Å². The third kappa shape index (κ3) is 2.65. The van der Waals surface area contributed by atoms with Gasteiger partial charge in [-0.1, -0.05) is 18.2 Å². The summed E-state index contributed by atoms with van der Waals surface area (Å²) >= 11 is 0. The second kappa shape index (κ2) is 6.00. The summed E-state index contributed by atoms with van der Waals surface area (Å²) in [7, 11) is 1.64. The van der Waals surface area contributed by atoms with Crippen LogP contribution in [-0.2, 0) is 0 Å². The summed E-state index contributed by atoms with van der Waals surface area (Å²) in [4.78, 5) is 0. The van der Waals surface area contributed by atoms with Gasteiger partial charge in [0.25, 0.3) is 0 Å². The second-order valence-corrected chi connectivity index (χ2v) is 5.23. The number of benzene rings is 2. The van der Waals surface area contributed by atoms with Crippen LogP contribution in [0.15, 0.2) is 66.7 Å². The van der Waals surface area contributed by atoms with Crippen molar-refractivity contribution in [1.82, 2.24) is 19.8 Å². The molecular formula is C18H15N5O. The van der Waals surface area contributed by atoms with Crippen LogP contribution in [0.25, 0.3) is 17.0 Å². The molecule has 2 aromatic carbocycles. The van der Waals surface area contributed by atoms with E-state index in [1.54, 1.807) is 11.6 Å². The number of methoxy groups -OCH3 is 1. The average molecular weight is 317 g/mol. The van der Waals surface area contributed by atoms with Crippen molar-refractivity contribution in [3.05, 3.63) is 66.7 Å². The van der Waals surface area contributed by atoms with E-state index in [2.05, 4.69) is 20.6 Å². The number of anilines is 2. The molecule has 6 nitrogen and oxygen atoms in total. The Kier molecular flexibility index (Phi) is 3.55. The first-order chi connectivity index (χ1) is 11.8. The molecular weight excluding hydrogens is 302 g/mol. The van der Waals surface area contributed by atoms with Crippen molar-refractivity contribution < 1.29 is 4.74 Å². The molecule has 1 N–H and O–H groups in total. The first-order valence-electron chi connectivity index (χ1n) is 7.52. The lowest BCUT2D eigenvalue weighted by Crippen LogP contribution is -2.00. The first kappa shape index (κ1) is 14.2. The Labute approximate surface area is 138 Å². The molecule has 0 saturated heterocycles. The molecule has 2 heterocycles. The van der Waals surface area contributed by atoms with E-state index in [0.29, 0.717) is 11.5 Å². The average Bonchev–Trinajstić information content (AvgIpc) is 3.06. The van der Waals surface area contributed by atoms with Crippen molar-refractivity contribution in [3.8, 4) is 17.1 Å². The van der Waals surface area contributed by atoms with Crippen molar-refractivity contribution in [3.63, 3.8) is 0 Å². The van der Waals surface area contributed by atoms with Crippen molar-refractivity contribution in [2.45, 2.75) is 0 Å². The summed E-state index contributed by atoms with van der Waals surface area (Å²) in [6.45, 7) is 0. The van der Waals surface area contributed by atoms with Gasteiger partial charge in [0, 0.05) is 11.3 Å². The van der Waals surface area contributed by atoms with Gasteiger partial charge < -0.3 is 10.1 Å². The summed E-state index contributed by atoms with van der Waals surface area (Å²) < 4.78 is 6.92. The Morgan fingerprint density at radius 1 is 0.875 bits per heavy atom. The normalized spacial score (nSPS) is 10.7. The minimum Gasteiger partial charge on any atom is -0.497 e. The predicted octanol–water partition coefficient (Wildman–Crippen LogP) is 3.54. The molecule has 0 radical (unpaired) electrons. The highest BCUT2D eigenvalue weighted by Crippen LogP contribution is 2.22. The molecule has 0 atom stereocenters. The number of aromatic nitrogens is 4. The molecule has 0 fully saturated rings. The Hall–Kier alpha value is -3.41. The fourth-order valence-corrected chi connectivity index (χ4v) is 2.45. The van der Waals surface area contributed by atoms with Crippen molar-refractivity contribution in [2.24, 2.45) is 0 Å². The monoisotopic (exact) mass is 317 g/mol. The molecule has 0 bridgehead atoms. The van der Waals surface area contributed by atoms with Gasteiger partial charge in [-0.2, -0.15) is 4.52 Å². The molecule has 0 aliphatic carbocycles. The zero-order valence-electron chi connectivity index (χ0n) is 13.0. The van der Waals surface area contributed by atoms with Gasteiger partial charge in [-0.25, -0.2) is 0 Å². The van der Waals surface area contributed by atoms with Crippen LogP contribution in [-0.4, -0.2) is 26.9 Å². The van der Waals surface area contributed by atoms with Crippen molar-refractivity contribution >= 4 is 17.2 Å². The molecule has 0 unspecified atom stereocenters. The molecule has 0 aliphatic heterocycles. The van der Waals surface area contributed by atoms with E-state index in [1.165, 1.54) is 0 Å². The maximum absolute atomic E-state index is 5.19. The van der Waals surface area contributed by atoms with E-state index in [4.69, 9.17) is 4.74 Å². The van der Waals surface area contributed by atoms with E-state index in [9.17, 15) is 0 Å². The van der Waals surface area contributed by atoms with Crippen LogP contribution >= 0.6 is 0 Å². The van der Waals surface area contributed by atoms with Gasteiger partial charge in [0.15, 0.2) is 17.3 Å². The highest BCUT2D eigenvalue weighted by molar-refractivity contribution is 5.62. The molecule has 0 spiro atoms. The van der Waals surface area contributed by atoms with Crippen molar-refractivity contribution in [1.29, 1.82) is 0 Å². The molecule has 4 aromatic rings. The van der Waals surface area contributed by atoms with Gasteiger partial charge in [-0.3, -0.25) is 0 Å². The van der Waals surface area contributed by atoms with Crippen LogP contribution in [0.5, 0.6) is 5.75 Å². The van der Waals surface area contributed by atoms with Gasteiger partial charge in [0.2, 0.25) is 0 Å². The topological polar surface area (TPSA) is 64.3 Å².